The molecular weight excluding hydrogens is 540 g/mol. The number of alkyl halides is 3. The van der Waals surface area contributed by atoms with Crippen LogP contribution in [0.1, 0.15) is 66.8 Å². The fourth-order valence-electron chi connectivity index (χ4n) is 6.39. The normalized spacial score (nSPS) is 15.1. The third-order valence-corrected chi connectivity index (χ3v) is 8.83. The molecule has 8 heteroatoms. The van der Waals surface area contributed by atoms with Gasteiger partial charge in [-0.3, -0.25) is 4.90 Å². The Morgan fingerprint density at radius 2 is 1.67 bits per heavy atom. The molecule has 0 fully saturated rings. The highest BCUT2D eigenvalue weighted by molar-refractivity contribution is 5.96. The van der Waals surface area contributed by atoms with Crippen LogP contribution in [0.2, 0.25) is 0 Å². The highest BCUT2D eigenvalue weighted by Crippen LogP contribution is 2.47. The lowest BCUT2D eigenvalue weighted by Crippen LogP contribution is -2.36. The maximum atomic E-state index is 16.0. The molecule has 3 aromatic carbocycles. The third kappa shape index (κ3) is 4.44. The molecule has 0 saturated heterocycles. The van der Waals surface area contributed by atoms with Crippen LogP contribution in [0.3, 0.4) is 0 Å². The molecule has 5 aromatic rings. The summed E-state index contributed by atoms with van der Waals surface area (Å²) in [4.78, 5) is 5.43. The quantitative estimate of drug-likeness (QED) is 0.206. The van der Waals surface area contributed by atoms with Gasteiger partial charge in [-0.2, -0.15) is 18.3 Å². The molecule has 4 nitrogen and oxygen atoms in total. The predicted molar refractivity (Wildman–Crippen MR) is 158 cm³/mol. The standard InChI is InChI=1S/C34H34F4N4/c1-6-21-9-8-10-22(7-2)30(21)42-31(29-25-15-16-39-28(25)14-13-27(29)35)26-19-41(33(4,5)32(26)40-42)18-23-11-12-24(17-20(23)3)34(36,37)38/h8-17,39H,6-7,18-19H2,1-5H3. The summed E-state index contributed by atoms with van der Waals surface area (Å²) in [6, 6.07) is 15.3. The number of aryl methyl sites for hydroxylation is 3. The number of nitrogens with one attached hydrogen (secondary N) is 1. The number of hydrogen-bond acceptors (Lipinski definition) is 2. The van der Waals surface area contributed by atoms with Gasteiger partial charge < -0.3 is 4.98 Å². The van der Waals surface area contributed by atoms with E-state index in [0.29, 0.717) is 24.2 Å². The number of para-hydroxylation sites is 1. The molecule has 1 aliphatic heterocycles. The van der Waals surface area contributed by atoms with E-state index in [1.54, 1.807) is 19.1 Å². The minimum atomic E-state index is -4.39. The topological polar surface area (TPSA) is 36.9 Å². The summed E-state index contributed by atoms with van der Waals surface area (Å²) in [5, 5.41) is 6.03. The van der Waals surface area contributed by atoms with Crippen LogP contribution < -0.4 is 0 Å². The van der Waals surface area contributed by atoms with Gasteiger partial charge in [-0.25, -0.2) is 9.07 Å². The monoisotopic (exact) mass is 574 g/mol. The average molecular weight is 575 g/mol. The number of H-pyrrole nitrogens is 1. The molecule has 0 unspecified atom stereocenters. The van der Waals surface area contributed by atoms with Crippen molar-refractivity contribution in [3.63, 3.8) is 0 Å². The van der Waals surface area contributed by atoms with E-state index in [4.69, 9.17) is 5.10 Å². The van der Waals surface area contributed by atoms with Crippen LogP contribution in [0.25, 0.3) is 27.8 Å². The van der Waals surface area contributed by atoms with E-state index in [1.165, 1.54) is 12.1 Å². The van der Waals surface area contributed by atoms with E-state index < -0.39 is 17.3 Å². The fraction of sp³-hybridized carbons (Fsp3) is 0.324. The van der Waals surface area contributed by atoms with E-state index in [-0.39, 0.29) is 5.82 Å². The van der Waals surface area contributed by atoms with Crippen molar-refractivity contribution in [1.29, 1.82) is 0 Å². The number of halogens is 4. The van der Waals surface area contributed by atoms with Crippen LogP contribution in [0, 0.1) is 12.7 Å². The van der Waals surface area contributed by atoms with Gasteiger partial charge in [-0.15, -0.1) is 0 Å². The number of rotatable bonds is 6. The van der Waals surface area contributed by atoms with Gasteiger partial charge in [0.2, 0.25) is 0 Å². The molecule has 0 spiro atoms. The molecule has 0 bridgehead atoms. The maximum absolute atomic E-state index is 16.0. The van der Waals surface area contributed by atoms with Gasteiger partial charge in [0.25, 0.3) is 0 Å². The minimum absolute atomic E-state index is 0.326. The van der Waals surface area contributed by atoms with Gasteiger partial charge in [0.05, 0.1) is 28.2 Å². The van der Waals surface area contributed by atoms with E-state index in [1.807, 2.05) is 16.9 Å². The van der Waals surface area contributed by atoms with Gasteiger partial charge >= 0.3 is 6.18 Å². The molecule has 2 aromatic heterocycles. The lowest BCUT2D eigenvalue weighted by molar-refractivity contribution is -0.137. The number of hydrogen-bond donors (Lipinski definition) is 1. The van der Waals surface area contributed by atoms with E-state index in [0.717, 1.165) is 69.1 Å². The molecular formula is C34H34F4N4. The molecule has 218 valence electrons. The second-order valence-electron chi connectivity index (χ2n) is 11.6. The van der Waals surface area contributed by atoms with Crippen molar-refractivity contribution >= 4 is 10.9 Å². The fourth-order valence-corrected chi connectivity index (χ4v) is 6.39. The molecule has 42 heavy (non-hydrogen) atoms. The Labute approximate surface area is 243 Å². The van der Waals surface area contributed by atoms with Gasteiger partial charge in [-0.05, 0) is 86.2 Å². The summed E-state index contributed by atoms with van der Waals surface area (Å²) in [6.07, 6.45) is -0.977. The highest BCUT2D eigenvalue weighted by atomic mass is 19.4. The lowest BCUT2D eigenvalue weighted by atomic mass is 9.96. The minimum Gasteiger partial charge on any atom is -0.361 e. The van der Waals surface area contributed by atoms with Crippen molar-refractivity contribution in [3.8, 4) is 16.9 Å². The Balaban J connectivity index is 1.54. The van der Waals surface area contributed by atoms with E-state index in [9.17, 15) is 13.2 Å². The predicted octanol–water partition coefficient (Wildman–Crippen LogP) is 8.86. The number of benzene rings is 3. The summed E-state index contributed by atoms with van der Waals surface area (Å²) in [5.74, 6) is -0.326. The molecule has 3 heterocycles. The first-order chi connectivity index (χ1) is 20.0. The van der Waals surface area contributed by atoms with Crippen molar-refractivity contribution in [2.45, 2.75) is 72.3 Å². The van der Waals surface area contributed by atoms with Crippen LogP contribution in [0.4, 0.5) is 17.6 Å². The van der Waals surface area contributed by atoms with Crippen LogP contribution in [0.5, 0.6) is 0 Å². The number of aromatic amines is 1. The Morgan fingerprint density at radius 1 is 0.952 bits per heavy atom. The first-order valence-electron chi connectivity index (χ1n) is 14.4. The Morgan fingerprint density at radius 3 is 2.31 bits per heavy atom. The summed E-state index contributed by atoms with van der Waals surface area (Å²) >= 11 is 0. The smallest absolute Gasteiger partial charge is 0.361 e. The molecule has 0 atom stereocenters. The third-order valence-electron chi connectivity index (χ3n) is 8.83. The zero-order valence-corrected chi connectivity index (χ0v) is 24.5. The lowest BCUT2D eigenvalue weighted by Gasteiger charge is -2.32. The number of aromatic nitrogens is 3. The molecule has 0 saturated carbocycles. The molecule has 1 N–H and O–H groups in total. The largest absolute Gasteiger partial charge is 0.416 e. The van der Waals surface area contributed by atoms with Crippen LogP contribution >= 0.6 is 0 Å². The van der Waals surface area contributed by atoms with Gasteiger partial charge in [0, 0.05) is 41.3 Å². The molecule has 0 aliphatic carbocycles. The SMILES string of the molecule is CCc1cccc(CC)c1-n1nc2c(c1-c1c(F)ccc3[nH]ccc13)CN(Cc1ccc(C(F)(F)F)cc1C)C2(C)C. The molecule has 0 radical (unpaired) electrons. The van der Waals surface area contributed by atoms with Gasteiger partial charge in [0.1, 0.15) is 5.82 Å². The Hall–Kier alpha value is -3.91. The van der Waals surface area contributed by atoms with Crippen molar-refractivity contribution < 1.29 is 17.6 Å². The van der Waals surface area contributed by atoms with Crippen molar-refractivity contribution in [3.05, 3.63) is 106 Å². The molecule has 0 amide bonds. The maximum Gasteiger partial charge on any atom is 0.416 e. The first kappa shape index (κ1) is 28.2. The van der Waals surface area contributed by atoms with Crippen molar-refractivity contribution in [2.75, 3.05) is 0 Å². The van der Waals surface area contributed by atoms with Gasteiger partial charge in [0.15, 0.2) is 0 Å². The Bertz CT molecular complexity index is 1790. The number of fused-ring (bicyclic) bond motifs is 2. The zero-order chi connectivity index (χ0) is 30.0. The van der Waals surface area contributed by atoms with Crippen molar-refractivity contribution in [1.82, 2.24) is 19.7 Å². The van der Waals surface area contributed by atoms with Crippen LogP contribution in [-0.4, -0.2) is 19.7 Å². The van der Waals surface area contributed by atoms with Crippen LogP contribution in [0.15, 0.2) is 60.8 Å². The van der Waals surface area contributed by atoms with Gasteiger partial charge in [-0.1, -0.05) is 38.1 Å². The van der Waals surface area contributed by atoms with E-state index in [2.05, 4.69) is 55.8 Å². The van der Waals surface area contributed by atoms with E-state index >= 15 is 4.39 Å². The van der Waals surface area contributed by atoms with Crippen molar-refractivity contribution in [2.24, 2.45) is 0 Å². The van der Waals surface area contributed by atoms with Crippen LogP contribution in [-0.2, 0) is 37.6 Å². The summed E-state index contributed by atoms with van der Waals surface area (Å²) in [7, 11) is 0. The average Bonchev–Trinajstić information content (AvgIpc) is 3.63. The highest BCUT2D eigenvalue weighted by Gasteiger charge is 2.44. The summed E-state index contributed by atoms with van der Waals surface area (Å²) in [5.41, 5.74) is 7.29. The summed E-state index contributed by atoms with van der Waals surface area (Å²) in [6.45, 7) is 11.0. The second kappa shape index (κ2) is 10.1. The Kier molecular flexibility index (Phi) is 6.80. The first-order valence-corrected chi connectivity index (χ1v) is 14.4. The molecule has 1 aliphatic rings. The summed E-state index contributed by atoms with van der Waals surface area (Å²) < 4.78 is 57.9. The number of nitrogens with zero attached hydrogens (tertiary/aromatic N) is 3. The second-order valence-corrected chi connectivity index (χ2v) is 11.6. The molecule has 6 rings (SSSR count). The zero-order valence-electron chi connectivity index (χ0n) is 24.5.